The summed E-state index contributed by atoms with van der Waals surface area (Å²) >= 11 is 0. The van der Waals surface area contributed by atoms with Gasteiger partial charge in [0, 0.05) is 22.7 Å². The Morgan fingerprint density at radius 1 is 1.07 bits per heavy atom. The molecule has 0 radical (unpaired) electrons. The van der Waals surface area contributed by atoms with E-state index in [-0.39, 0.29) is 5.82 Å². The normalized spacial score (nSPS) is 12.1. The SMILES string of the molecule is CCCN(CCC(C)C)Cc1nc2ccc(-c3c[nH]c4cc(F)ccc34)cc2[nH]1. The van der Waals surface area contributed by atoms with Crippen LogP contribution < -0.4 is 0 Å². The summed E-state index contributed by atoms with van der Waals surface area (Å²) in [4.78, 5) is 14.0. The summed E-state index contributed by atoms with van der Waals surface area (Å²) in [6, 6.07) is 11.1. The Bertz CT molecular complexity index is 1110. The van der Waals surface area contributed by atoms with E-state index in [2.05, 4.69) is 53.8 Å². The van der Waals surface area contributed by atoms with Crippen molar-refractivity contribution in [3.8, 4) is 11.1 Å². The molecule has 0 atom stereocenters. The molecule has 0 fully saturated rings. The lowest BCUT2D eigenvalue weighted by Gasteiger charge is -2.21. The van der Waals surface area contributed by atoms with E-state index in [4.69, 9.17) is 4.98 Å². The molecule has 4 nitrogen and oxygen atoms in total. The summed E-state index contributed by atoms with van der Waals surface area (Å²) in [5, 5.41) is 1.02. The highest BCUT2D eigenvalue weighted by atomic mass is 19.1. The summed E-state index contributed by atoms with van der Waals surface area (Å²) < 4.78 is 13.5. The van der Waals surface area contributed by atoms with Crippen LogP contribution in [-0.2, 0) is 6.54 Å². The largest absolute Gasteiger partial charge is 0.360 e. The molecule has 0 aliphatic carbocycles. The van der Waals surface area contributed by atoms with Crippen molar-refractivity contribution in [2.45, 2.75) is 40.2 Å². The van der Waals surface area contributed by atoms with Crippen LogP contribution in [0.5, 0.6) is 0 Å². The number of rotatable bonds is 8. The van der Waals surface area contributed by atoms with Gasteiger partial charge < -0.3 is 9.97 Å². The van der Waals surface area contributed by atoms with E-state index in [0.29, 0.717) is 5.92 Å². The van der Waals surface area contributed by atoms with Gasteiger partial charge in [-0.2, -0.15) is 0 Å². The van der Waals surface area contributed by atoms with Crippen LogP contribution in [-0.4, -0.2) is 32.9 Å². The van der Waals surface area contributed by atoms with Crippen LogP contribution in [0.25, 0.3) is 33.1 Å². The third-order valence-corrected chi connectivity index (χ3v) is 5.42. The Labute approximate surface area is 171 Å². The number of benzene rings is 2. The predicted molar refractivity (Wildman–Crippen MR) is 118 cm³/mol. The van der Waals surface area contributed by atoms with Gasteiger partial charge in [0.2, 0.25) is 0 Å². The number of hydrogen-bond acceptors (Lipinski definition) is 2. The highest BCUT2D eigenvalue weighted by molar-refractivity contribution is 5.97. The lowest BCUT2D eigenvalue weighted by molar-refractivity contribution is 0.245. The summed E-state index contributed by atoms with van der Waals surface area (Å²) in [6.07, 6.45) is 4.28. The zero-order valence-electron chi connectivity index (χ0n) is 17.4. The summed E-state index contributed by atoms with van der Waals surface area (Å²) in [5.41, 5.74) is 4.99. The van der Waals surface area contributed by atoms with Crippen molar-refractivity contribution in [3.63, 3.8) is 0 Å². The van der Waals surface area contributed by atoms with Gasteiger partial charge >= 0.3 is 0 Å². The number of H-pyrrole nitrogens is 2. The van der Waals surface area contributed by atoms with Gasteiger partial charge in [0.1, 0.15) is 11.6 Å². The highest BCUT2D eigenvalue weighted by Crippen LogP contribution is 2.30. The number of fused-ring (bicyclic) bond motifs is 2. The van der Waals surface area contributed by atoms with Gasteiger partial charge in [-0.15, -0.1) is 0 Å². The predicted octanol–water partition coefficient (Wildman–Crippen LogP) is 6.11. The van der Waals surface area contributed by atoms with Crippen LogP contribution in [0.3, 0.4) is 0 Å². The van der Waals surface area contributed by atoms with E-state index in [0.717, 1.165) is 64.9 Å². The molecule has 4 rings (SSSR count). The Balaban J connectivity index is 1.60. The molecule has 2 N–H and O–H groups in total. The molecule has 0 saturated heterocycles. The maximum Gasteiger partial charge on any atom is 0.125 e. The van der Waals surface area contributed by atoms with Gasteiger partial charge in [0.05, 0.1) is 17.6 Å². The van der Waals surface area contributed by atoms with Crippen LogP contribution in [0.2, 0.25) is 0 Å². The number of hydrogen-bond donors (Lipinski definition) is 2. The van der Waals surface area contributed by atoms with E-state index in [1.54, 1.807) is 0 Å². The second-order valence-corrected chi connectivity index (χ2v) is 8.27. The van der Waals surface area contributed by atoms with Crippen molar-refractivity contribution in [1.82, 2.24) is 19.9 Å². The van der Waals surface area contributed by atoms with E-state index in [1.807, 2.05) is 12.3 Å². The van der Waals surface area contributed by atoms with Gasteiger partial charge in [-0.1, -0.05) is 26.8 Å². The van der Waals surface area contributed by atoms with E-state index >= 15 is 0 Å². The first-order chi connectivity index (χ1) is 14.0. The van der Waals surface area contributed by atoms with Gasteiger partial charge in [-0.3, -0.25) is 4.90 Å². The molecule has 0 aliphatic rings. The molecule has 5 heteroatoms. The molecular weight excluding hydrogens is 363 g/mol. The lowest BCUT2D eigenvalue weighted by Crippen LogP contribution is -2.26. The second kappa shape index (κ2) is 8.37. The number of nitrogens with zero attached hydrogens (tertiary/aromatic N) is 2. The quantitative estimate of drug-likeness (QED) is 0.380. The summed E-state index contributed by atoms with van der Waals surface area (Å²) in [7, 11) is 0. The minimum Gasteiger partial charge on any atom is -0.360 e. The summed E-state index contributed by atoms with van der Waals surface area (Å²) in [5.74, 6) is 1.49. The van der Waals surface area contributed by atoms with Crippen LogP contribution in [0.1, 0.15) is 39.4 Å². The van der Waals surface area contributed by atoms with Crippen LogP contribution in [0, 0.1) is 11.7 Å². The van der Waals surface area contributed by atoms with E-state index < -0.39 is 0 Å². The van der Waals surface area contributed by atoms with E-state index in [9.17, 15) is 4.39 Å². The topological polar surface area (TPSA) is 47.7 Å². The van der Waals surface area contributed by atoms with Gasteiger partial charge in [0.15, 0.2) is 0 Å². The fourth-order valence-electron chi connectivity index (χ4n) is 3.88. The Morgan fingerprint density at radius 3 is 2.72 bits per heavy atom. The fourth-order valence-corrected chi connectivity index (χ4v) is 3.88. The van der Waals surface area contributed by atoms with Gasteiger partial charge in [-0.25, -0.2) is 9.37 Å². The molecule has 4 aromatic rings. The summed E-state index contributed by atoms with van der Waals surface area (Å²) in [6.45, 7) is 9.79. The standard InChI is InChI=1S/C24H29FN4/c1-4-10-29(11-9-16(2)3)15-24-27-21-8-5-17(12-23(21)28-24)20-14-26-22-13-18(25)6-7-19(20)22/h5-8,12-14,16,26H,4,9-11,15H2,1-3H3,(H,27,28). The zero-order chi connectivity index (χ0) is 20.4. The van der Waals surface area contributed by atoms with Crippen molar-refractivity contribution >= 4 is 21.9 Å². The van der Waals surface area contributed by atoms with Gasteiger partial charge in [0.25, 0.3) is 0 Å². The average Bonchev–Trinajstić information content (AvgIpc) is 3.28. The van der Waals surface area contributed by atoms with E-state index in [1.165, 1.54) is 18.6 Å². The Morgan fingerprint density at radius 2 is 1.93 bits per heavy atom. The fraction of sp³-hybridized carbons (Fsp3) is 0.375. The Hall–Kier alpha value is -2.66. The second-order valence-electron chi connectivity index (χ2n) is 8.27. The molecule has 0 spiro atoms. The van der Waals surface area contributed by atoms with Crippen LogP contribution in [0.15, 0.2) is 42.6 Å². The van der Waals surface area contributed by atoms with Crippen LogP contribution in [0.4, 0.5) is 4.39 Å². The minimum absolute atomic E-state index is 0.228. The number of nitrogens with one attached hydrogen (secondary N) is 2. The number of halogens is 1. The minimum atomic E-state index is -0.228. The molecule has 2 aromatic heterocycles. The van der Waals surface area contributed by atoms with Crippen molar-refractivity contribution in [2.24, 2.45) is 5.92 Å². The number of aromatic amines is 2. The molecule has 29 heavy (non-hydrogen) atoms. The van der Waals surface area contributed by atoms with Gasteiger partial charge in [-0.05, 0) is 67.7 Å². The first-order valence-electron chi connectivity index (χ1n) is 10.5. The molecule has 2 heterocycles. The average molecular weight is 393 g/mol. The maximum absolute atomic E-state index is 13.5. The molecule has 0 unspecified atom stereocenters. The maximum atomic E-state index is 13.5. The molecule has 0 aliphatic heterocycles. The van der Waals surface area contributed by atoms with Crippen molar-refractivity contribution in [2.75, 3.05) is 13.1 Å². The first kappa shape index (κ1) is 19.6. The number of aromatic nitrogens is 3. The molecular formula is C24H29FN4. The van der Waals surface area contributed by atoms with Crippen molar-refractivity contribution in [1.29, 1.82) is 0 Å². The molecule has 2 aromatic carbocycles. The van der Waals surface area contributed by atoms with Crippen LogP contribution >= 0.6 is 0 Å². The molecule has 0 bridgehead atoms. The third kappa shape index (κ3) is 4.35. The monoisotopic (exact) mass is 392 g/mol. The first-order valence-corrected chi connectivity index (χ1v) is 10.5. The van der Waals surface area contributed by atoms with Crippen molar-refractivity contribution in [3.05, 3.63) is 54.2 Å². The third-order valence-electron chi connectivity index (χ3n) is 5.42. The molecule has 0 saturated carbocycles. The molecule has 0 amide bonds. The number of imidazole rings is 1. The lowest BCUT2D eigenvalue weighted by atomic mass is 10.0. The van der Waals surface area contributed by atoms with Crippen molar-refractivity contribution < 1.29 is 4.39 Å². The Kier molecular flexibility index (Phi) is 5.67. The molecule has 152 valence electrons. The zero-order valence-corrected chi connectivity index (χ0v) is 17.4. The highest BCUT2D eigenvalue weighted by Gasteiger charge is 2.12. The smallest absolute Gasteiger partial charge is 0.125 e.